The van der Waals surface area contributed by atoms with Crippen LogP contribution in [-0.2, 0) is 19.9 Å². The zero-order valence-electron chi connectivity index (χ0n) is 14.5. The lowest BCUT2D eigenvalue weighted by atomic mass is 10.2. The molecule has 0 N–H and O–H groups in total. The van der Waals surface area contributed by atoms with Crippen LogP contribution < -0.4 is 4.90 Å². The Morgan fingerprint density at radius 1 is 0.926 bits per heavy atom. The minimum atomic E-state index is -3.85. The van der Waals surface area contributed by atoms with Crippen molar-refractivity contribution in [3.63, 3.8) is 0 Å². The Morgan fingerprint density at radius 2 is 1.52 bits per heavy atom. The molecule has 6 nitrogen and oxygen atoms in total. The Kier molecular flexibility index (Phi) is 5.62. The number of halogens is 2. The van der Waals surface area contributed by atoms with E-state index in [0.717, 1.165) is 11.9 Å². The second-order valence-electron chi connectivity index (χ2n) is 6.23. The Hall–Kier alpha value is -1.49. The number of rotatable bonds is 4. The Bertz CT molecular complexity index is 1050. The van der Waals surface area contributed by atoms with E-state index in [9.17, 15) is 21.2 Å². The highest BCUT2D eigenvalue weighted by molar-refractivity contribution is 9.10. The van der Waals surface area contributed by atoms with Gasteiger partial charge in [-0.3, -0.25) is 0 Å². The topological polar surface area (TPSA) is 74.8 Å². The fourth-order valence-electron chi connectivity index (χ4n) is 2.89. The molecular formula is C17H18BrFN2O4S2. The zero-order chi connectivity index (χ0) is 19.8. The van der Waals surface area contributed by atoms with E-state index >= 15 is 0 Å². The molecular weight excluding hydrogens is 459 g/mol. The third-order valence-corrected chi connectivity index (χ3v) is 8.38. The van der Waals surface area contributed by atoms with Gasteiger partial charge in [0.1, 0.15) is 5.82 Å². The second-order valence-corrected chi connectivity index (χ2v) is 11.0. The van der Waals surface area contributed by atoms with Crippen LogP contribution in [0.3, 0.4) is 0 Å². The van der Waals surface area contributed by atoms with Crippen LogP contribution in [0.1, 0.15) is 0 Å². The van der Waals surface area contributed by atoms with Gasteiger partial charge in [0.2, 0.25) is 10.0 Å². The molecule has 1 aliphatic rings. The monoisotopic (exact) mass is 476 g/mol. The summed E-state index contributed by atoms with van der Waals surface area (Å²) in [5.41, 5.74) is 0.828. The quantitative estimate of drug-likeness (QED) is 0.677. The average Bonchev–Trinajstić information content (AvgIpc) is 2.61. The summed E-state index contributed by atoms with van der Waals surface area (Å²) in [5, 5.41) is 0. The maximum absolute atomic E-state index is 13.1. The van der Waals surface area contributed by atoms with E-state index in [0.29, 0.717) is 17.6 Å². The summed E-state index contributed by atoms with van der Waals surface area (Å²) in [4.78, 5) is 1.86. The van der Waals surface area contributed by atoms with Gasteiger partial charge in [-0.25, -0.2) is 21.2 Å². The molecule has 1 aliphatic heterocycles. The first-order valence-electron chi connectivity index (χ1n) is 8.09. The molecule has 146 valence electrons. The minimum absolute atomic E-state index is 0.0470. The van der Waals surface area contributed by atoms with E-state index < -0.39 is 19.9 Å². The van der Waals surface area contributed by atoms with Crippen molar-refractivity contribution in [3.05, 3.63) is 52.8 Å². The van der Waals surface area contributed by atoms with Crippen LogP contribution in [0, 0.1) is 5.82 Å². The van der Waals surface area contributed by atoms with Gasteiger partial charge < -0.3 is 4.90 Å². The summed E-state index contributed by atoms with van der Waals surface area (Å²) in [6.07, 6.45) is 1.04. The summed E-state index contributed by atoms with van der Waals surface area (Å²) in [6, 6.07) is 10.0. The van der Waals surface area contributed by atoms with Crippen molar-refractivity contribution in [2.24, 2.45) is 0 Å². The van der Waals surface area contributed by atoms with Gasteiger partial charge in [-0.05, 0) is 58.4 Å². The van der Waals surface area contributed by atoms with Gasteiger partial charge in [0, 0.05) is 42.6 Å². The van der Waals surface area contributed by atoms with Crippen LogP contribution in [-0.4, -0.2) is 53.6 Å². The summed E-state index contributed by atoms with van der Waals surface area (Å²) in [6.45, 7) is 1.40. The van der Waals surface area contributed by atoms with E-state index in [1.54, 1.807) is 12.1 Å². The average molecular weight is 477 g/mol. The molecule has 0 aromatic heterocycles. The van der Waals surface area contributed by atoms with Crippen molar-refractivity contribution >= 4 is 41.5 Å². The molecule has 1 heterocycles. The van der Waals surface area contributed by atoms with Gasteiger partial charge in [0.05, 0.1) is 9.79 Å². The zero-order valence-corrected chi connectivity index (χ0v) is 17.7. The molecule has 0 amide bonds. The van der Waals surface area contributed by atoms with Crippen LogP contribution in [0.2, 0.25) is 0 Å². The molecule has 0 bridgehead atoms. The third-order valence-electron chi connectivity index (χ3n) is 4.38. The molecule has 2 aromatic rings. The SMILES string of the molecule is CS(=O)(=O)c1ccc(Br)c(S(=O)(=O)N2CCN(c3ccc(F)cc3)CC2)c1. The lowest BCUT2D eigenvalue weighted by molar-refractivity contribution is 0.384. The largest absolute Gasteiger partial charge is 0.369 e. The lowest BCUT2D eigenvalue weighted by Gasteiger charge is -2.35. The van der Waals surface area contributed by atoms with Crippen LogP contribution in [0.15, 0.2) is 56.7 Å². The minimum Gasteiger partial charge on any atom is -0.369 e. The molecule has 1 fully saturated rings. The second kappa shape index (κ2) is 7.50. The van der Waals surface area contributed by atoms with E-state index in [4.69, 9.17) is 0 Å². The Morgan fingerprint density at radius 3 is 2.07 bits per heavy atom. The molecule has 0 atom stereocenters. The van der Waals surface area contributed by atoms with Gasteiger partial charge in [0.15, 0.2) is 9.84 Å². The van der Waals surface area contributed by atoms with Crippen LogP contribution >= 0.6 is 15.9 Å². The highest BCUT2D eigenvalue weighted by Gasteiger charge is 2.31. The number of hydrogen-bond acceptors (Lipinski definition) is 5. The van der Waals surface area contributed by atoms with Crippen molar-refractivity contribution < 1.29 is 21.2 Å². The predicted octanol–water partition coefficient (Wildman–Crippen LogP) is 2.50. The van der Waals surface area contributed by atoms with Crippen molar-refractivity contribution in [2.75, 3.05) is 37.3 Å². The van der Waals surface area contributed by atoms with E-state index in [1.807, 2.05) is 4.90 Å². The van der Waals surface area contributed by atoms with Gasteiger partial charge in [-0.15, -0.1) is 0 Å². The number of sulfone groups is 1. The van der Waals surface area contributed by atoms with Gasteiger partial charge in [-0.1, -0.05) is 0 Å². The van der Waals surface area contributed by atoms with Crippen LogP contribution in [0.25, 0.3) is 0 Å². The molecule has 2 aromatic carbocycles. The molecule has 3 rings (SSSR count). The standard InChI is InChI=1S/C17H18BrFN2O4S2/c1-26(22,23)15-6-7-16(18)17(12-15)27(24,25)21-10-8-20(9-11-21)14-4-2-13(19)3-5-14/h2-7,12H,8-11H2,1H3. The van der Waals surface area contributed by atoms with Crippen LogP contribution in [0.5, 0.6) is 0 Å². The van der Waals surface area contributed by atoms with E-state index in [1.165, 1.54) is 34.6 Å². The predicted molar refractivity (Wildman–Crippen MR) is 105 cm³/mol. The number of nitrogens with zero attached hydrogens (tertiary/aromatic N) is 2. The first-order chi connectivity index (χ1) is 12.6. The van der Waals surface area contributed by atoms with E-state index in [-0.39, 0.29) is 28.7 Å². The number of sulfonamides is 1. The van der Waals surface area contributed by atoms with Gasteiger partial charge >= 0.3 is 0 Å². The van der Waals surface area contributed by atoms with Crippen molar-refractivity contribution in [1.29, 1.82) is 0 Å². The third kappa shape index (κ3) is 4.34. The number of benzene rings is 2. The van der Waals surface area contributed by atoms with Crippen LogP contribution in [0.4, 0.5) is 10.1 Å². The number of hydrogen-bond donors (Lipinski definition) is 0. The highest BCUT2D eigenvalue weighted by Crippen LogP contribution is 2.29. The molecule has 0 saturated carbocycles. The highest BCUT2D eigenvalue weighted by atomic mass is 79.9. The summed E-state index contributed by atoms with van der Waals surface area (Å²) < 4.78 is 64.3. The summed E-state index contributed by atoms with van der Waals surface area (Å²) >= 11 is 3.21. The molecule has 10 heteroatoms. The summed E-state index contributed by atoms with van der Waals surface area (Å²) in [5.74, 6) is -0.324. The Labute approximate surface area is 166 Å². The normalized spacial score (nSPS) is 16.5. The molecule has 0 radical (unpaired) electrons. The fraction of sp³-hybridized carbons (Fsp3) is 0.294. The molecule has 0 aliphatic carbocycles. The first-order valence-corrected chi connectivity index (χ1v) is 12.2. The number of anilines is 1. The van der Waals surface area contributed by atoms with Crippen molar-refractivity contribution in [2.45, 2.75) is 9.79 Å². The van der Waals surface area contributed by atoms with Gasteiger partial charge in [0.25, 0.3) is 0 Å². The Balaban J connectivity index is 1.82. The maximum Gasteiger partial charge on any atom is 0.244 e. The molecule has 27 heavy (non-hydrogen) atoms. The van der Waals surface area contributed by atoms with Gasteiger partial charge in [-0.2, -0.15) is 4.31 Å². The van der Waals surface area contributed by atoms with Crippen molar-refractivity contribution in [1.82, 2.24) is 4.31 Å². The maximum atomic E-state index is 13.1. The smallest absolute Gasteiger partial charge is 0.244 e. The summed E-state index contributed by atoms with van der Waals surface area (Å²) in [7, 11) is -7.38. The molecule has 0 unspecified atom stereocenters. The van der Waals surface area contributed by atoms with E-state index in [2.05, 4.69) is 15.9 Å². The van der Waals surface area contributed by atoms with Crippen molar-refractivity contribution in [3.8, 4) is 0 Å². The fourth-order valence-corrected chi connectivity index (χ4v) is 5.98. The molecule has 0 spiro atoms. The molecule has 1 saturated heterocycles. The first kappa shape index (κ1) is 20.2. The lowest BCUT2D eigenvalue weighted by Crippen LogP contribution is -2.48. The number of piperazine rings is 1.